The number of benzene rings is 1. The predicted octanol–water partition coefficient (Wildman–Crippen LogP) is 2.46. The molecule has 92 valence electrons. The van der Waals surface area contributed by atoms with Gasteiger partial charge in [0.25, 0.3) is 5.91 Å². The van der Waals surface area contributed by atoms with Crippen LogP contribution < -0.4 is 9.47 Å². The number of hydroxylamine groups is 2. The second-order valence-electron chi connectivity index (χ2n) is 3.27. The molecule has 1 aliphatic rings. The van der Waals surface area contributed by atoms with Gasteiger partial charge in [-0.3, -0.25) is 9.63 Å². The summed E-state index contributed by atoms with van der Waals surface area (Å²) in [6, 6.07) is 1.58. The van der Waals surface area contributed by atoms with Gasteiger partial charge < -0.3 is 9.47 Å². The van der Waals surface area contributed by atoms with Gasteiger partial charge in [-0.2, -0.15) is 0 Å². The molecule has 1 amide bonds. The van der Waals surface area contributed by atoms with Crippen molar-refractivity contribution in [3.8, 4) is 11.5 Å². The molecule has 0 spiro atoms. The number of hydrogen-bond donors (Lipinski definition) is 0. The first-order valence-electron chi connectivity index (χ1n) is 4.66. The van der Waals surface area contributed by atoms with Crippen molar-refractivity contribution < 1.29 is 19.1 Å². The van der Waals surface area contributed by atoms with Gasteiger partial charge in [-0.05, 0) is 22.0 Å². The maximum atomic E-state index is 11.9. The molecular formula is C10H9BrClNO4. The molecule has 1 heterocycles. The molecule has 17 heavy (non-hydrogen) atoms. The van der Waals surface area contributed by atoms with Crippen molar-refractivity contribution in [2.75, 3.05) is 21.0 Å². The molecule has 7 heteroatoms. The highest BCUT2D eigenvalue weighted by Crippen LogP contribution is 2.46. The lowest BCUT2D eigenvalue weighted by molar-refractivity contribution is -0.0757. The summed E-state index contributed by atoms with van der Waals surface area (Å²) in [5.41, 5.74) is 0.284. The van der Waals surface area contributed by atoms with Crippen LogP contribution in [0.1, 0.15) is 10.4 Å². The Labute approximate surface area is 111 Å². The van der Waals surface area contributed by atoms with E-state index < -0.39 is 0 Å². The summed E-state index contributed by atoms with van der Waals surface area (Å²) in [5, 5.41) is 1.30. The first kappa shape index (κ1) is 12.5. The van der Waals surface area contributed by atoms with E-state index in [1.54, 1.807) is 6.07 Å². The highest BCUT2D eigenvalue weighted by atomic mass is 79.9. The van der Waals surface area contributed by atoms with E-state index in [0.717, 1.165) is 5.06 Å². The summed E-state index contributed by atoms with van der Waals surface area (Å²) in [7, 11) is 2.89. The summed E-state index contributed by atoms with van der Waals surface area (Å²) in [6.07, 6.45) is 0. The van der Waals surface area contributed by atoms with E-state index in [1.165, 1.54) is 14.2 Å². The van der Waals surface area contributed by atoms with E-state index in [1.807, 2.05) is 0 Å². The minimum absolute atomic E-state index is 0.0887. The Morgan fingerprint density at radius 3 is 2.82 bits per heavy atom. The van der Waals surface area contributed by atoms with Crippen LogP contribution in [0.2, 0.25) is 5.02 Å². The van der Waals surface area contributed by atoms with Crippen LogP contribution in [0.25, 0.3) is 0 Å². The molecule has 2 rings (SSSR count). The standard InChI is InChI=1S/C10H9BrClNO4/c1-13(15-2)10(14)5-3-6(11)8-9(7(5)12)17-4-16-8/h3H,4H2,1-2H3. The van der Waals surface area contributed by atoms with Crippen LogP contribution in [0, 0.1) is 0 Å². The van der Waals surface area contributed by atoms with Gasteiger partial charge in [-0.1, -0.05) is 11.6 Å². The lowest BCUT2D eigenvalue weighted by atomic mass is 10.2. The summed E-state index contributed by atoms with van der Waals surface area (Å²) in [5.74, 6) is 0.511. The van der Waals surface area contributed by atoms with Crippen molar-refractivity contribution in [3.05, 3.63) is 21.1 Å². The minimum Gasteiger partial charge on any atom is -0.452 e. The molecule has 0 saturated carbocycles. The maximum Gasteiger partial charge on any atom is 0.278 e. The molecule has 0 bridgehead atoms. The number of ether oxygens (including phenoxy) is 2. The molecule has 0 radical (unpaired) electrons. The van der Waals surface area contributed by atoms with Crippen LogP contribution in [-0.2, 0) is 4.84 Å². The SMILES string of the molecule is CON(C)C(=O)c1cc(Br)c2c(c1Cl)OCO2. The lowest BCUT2D eigenvalue weighted by Gasteiger charge is -2.15. The second-order valence-corrected chi connectivity index (χ2v) is 4.50. The van der Waals surface area contributed by atoms with Gasteiger partial charge in [0, 0.05) is 7.05 Å². The number of carbonyl (C=O) groups is 1. The summed E-state index contributed by atoms with van der Waals surface area (Å²) >= 11 is 9.39. The van der Waals surface area contributed by atoms with Gasteiger partial charge in [-0.25, -0.2) is 5.06 Å². The van der Waals surface area contributed by atoms with Crippen LogP contribution in [-0.4, -0.2) is 31.9 Å². The van der Waals surface area contributed by atoms with E-state index in [9.17, 15) is 4.79 Å². The Morgan fingerprint density at radius 2 is 2.18 bits per heavy atom. The van der Waals surface area contributed by atoms with Crippen molar-refractivity contribution in [1.29, 1.82) is 0 Å². The van der Waals surface area contributed by atoms with Crippen LogP contribution in [0.4, 0.5) is 0 Å². The fraction of sp³-hybridized carbons (Fsp3) is 0.300. The van der Waals surface area contributed by atoms with Gasteiger partial charge in [-0.15, -0.1) is 0 Å². The third kappa shape index (κ3) is 2.08. The molecule has 0 aromatic heterocycles. The minimum atomic E-state index is -0.364. The highest BCUT2D eigenvalue weighted by Gasteiger charge is 2.27. The third-order valence-electron chi connectivity index (χ3n) is 2.33. The quantitative estimate of drug-likeness (QED) is 0.785. The number of hydrogen-bond acceptors (Lipinski definition) is 4. The summed E-state index contributed by atoms with van der Waals surface area (Å²) < 4.78 is 11.1. The zero-order chi connectivity index (χ0) is 12.6. The number of amides is 1. The van der Waals surface area contributed by atoms with Gasteiger partial charge >= 0.3 is 0 Å². The predicted molar refractivity (Wildman–Crippen MR) is 64.4 cm³/mol. The van der Waals surface area contributed by atoms with Crippen LogP contribution >= 0.6 is 27.5 Å². The van der Waals surface area contributed by atoms with E-state index in [2.05, 4.69) is 15.9 Å². The summed E-state index contributed by atoms with van der Waals surface area (Å²) in [4.78, 5) is 16.8. The topological polar surface area (TPSA) is 48.0 Å². The van der Waals surface area contributed by atoms with Crippen molar-refractivity contribution >= 4 is 33.4 Å². The number of rotatable bonds is 2. The van der Waals surface area contributed by atoms with Crippen LogP contribution in [0.3, 0.4) is 0 Å². The third-order valence-corrected chi connectivity index (χ3v) is 3.29. The molecule has 1 aromatic carbocycles. The Morgan fingerprint density at radius 1 is 1.53 bits per heavy atom. The van der Waals surface area contributed by atoms with E-state index >= 15 is 0 Å². The average molecular weight is 323 g/mol. The molecule has 1 aromatic rings. The van der Waals surface area contributed by atoms with E-state index in [4.69, 9.17) is 25.9 Å². The second kappa shape index (κ2) is 4.72. The average Bonchev–Trinajstić information content (AvgIpc) is 2.81. The molecule has 0 N–H and O–H groups in total. The van der Waals surface area contributed by atoms with Crippen molar-refractivity contribution in [2.45, 2.75) is 0 Å². The van der Waals surface area contributed by atoms with Crippen molar-refractivity contribution in [1.82, 2.24) is 5.06 Å². The first-order chi connectivity index (χ1) is 8.06. The Bertz CT molecular complexity index is 480. The number of halogens is 2. The van der Waals surface area contributed by atoms with Crippen molar-refractivity contribution in [3.63, 3.8) is 0 Å². The molecule has 0 atom stereocenters. The Balaban J connectivity index is 2.50. The molecule has 0 saturated heterocycles. The van der Waals surface area contributed by atoms with Gasteiger partial charge in [0.15, 0.2) is 11.5 Å². The zero-order valence-corrected chi connectivity index (χ0v) is 11.5. The first-order valence-corrected chi connectivity index (χ1v) is 5.83. The van der Waals surface area contributed by atoms with E-state index in [-0.39, 0.29) is 23.3 Å². The molecule has 5 nitrogen and oxygen atoms in total. The fourth-order valence-corrected chi connectivity index (χ4v) is 2.20. The normalized spacial score (nSPS) is 12.7. The molecule has 1 aliphatic heterocycles. The van der Waals surface area contributed by atoms with Gasteiger partial charge in [0.1, 0.15) is 0 Å². The fourth-order valence-electron chi connectivity index (χ4n) is 1.40. The smallest absolute Gasteiger partial charge is 0.278 e. The number of carbonyl (C=O) groups excluding carboxylic acids is 1. The monoisotopic (exact) mass is 321 g/mol. The maximum absolute atomic E-state index is 11.9. The zero-order valence-electron chi connectivity index (χ0n) is 9.12. The Hall–Kier alpha value is -0.980. The molecule has 0 fully saturated rings. The molecule has 0 aliphatic carbocycles. The van der Waals surface area contributed by atoms with Crippen LogP contribution in [0.5, 0.6) is 11.5 Å². The highest BCUT2D eigenvalue weighted by molar-refractivity contribution is 9.10. The molecular weight excluding hydrogens is 313 g/mol. The Kier molecular flexibility index (Phi) is 3.46. The van der Waals surface area contributed by atoms with Gasteiger partial charge in [0.2, 0.25) is 6.79 Å². The number of fused-ring (bicyclic) bond motifs is 1. The van der Waals surface area contributed by atoms with Gasteiger partial charge in [0.05, 0.1) is 22.2 Å². The number of nitrogens with zero attached hydrogens (tertiary/aromatic N) is 1. The molecule has 0 unspecified atom stereocenters. The van der Waals surface area contributed by atoms with Crippen molar-refractivity contribution in [2.24, 2.45) is 0 Å². The van der Waals surface area contributed by atoms with E-state index in [0.29, 0.717) is 16.0 Å². The summed E-state index contributed by atoms with van der Waals surface area (Å²) in [6.45, 7) is 0.0887. The van der Waals surface area contributed by atoms with Crippen LogP contribution in [0.15, 0.2) is 10.5 Å². The largest absolute Gasteiger partial charge is 0.452 e. The lowest BCUT2D eigenvalue weighted by Crippen LogP contribution is -2.25.